The van der Waals surface area contributed by atoms with Crippen LogP contribution >= 0.6 is 34.4 Å². The largest absolute Gasteiger partial charge is 0.269 e. The third kappa shape index (κ3) is 3.15. The first-order valence-electron chi connectivity index (χ1n) is 7.40. The first-order valence-corrected chi connectivity index (χ1v) is 10.1. The minimum absolute atomic E-state index is 0.791. The standard InChI is InChI=1S/C17H14N4S3/c1-12-18-13(10-23-12)11-24-17-20-19-16(15-8-5-9-22-15)21(17)14-6-3-2-4-7-14/h2-10H,11H2,1H3. The van der Waals surface area contributed by atoms with Crippen molar-refractivity contribution >= 4 is 34.4 Å². The van der Waals surface area contributed by atoms with Gasteiger partial charge in [0.15, 0.2) is 11.0 Å². The molecule has 1 aromatic carbocycles. The molecule has 4 nitrogen and oxygen atoms in total. The van der Waals surface area contributed by atoms with Gasteiger partial charge >= 0.3 is 0 Å². The maximum Gasteiger partial charge on any atom is 0.196 e. The van der Waals surface area contributed by atoms with E-state index in [0.717, 1.165) is 38.0 Å². The molecule has 0 radical (unpaired) electrons. The minimum Gasteiger partial charge on any atom is -0.269 e. The molecule has 4 rings (SSSR count). The van der Waals surface area contributed by atoms with Gasteiger partial charge in [0, 0.05) is 16.8 Å². The van der Waals surface area contributed by atoms with Crippen LogP contribution in [0.2, 0.25) is 0 Å². The molecule has 0 bridgehead atoms. The fourth-order valence-corrected chi connectivity index (χ4v) is 4.61. The van der Waals surface area contributed by atoms with Crippen molar-refractivity contribution in [3.05, 3.63) is 63.9 Å². The highest BCUT2D eigenvalue weighted by molar-refractivity contribution is 7.98. The van der Waals surface area contributed by atoms with Crippen LogP contribution in [-0.4, -0.2) is 19.7 Å². The van der Waals surface area contributed by atoms with Gasteiger partial charge in [-0.25, -0.2) is 4.98 Å². The molecule has 0 fully saturated rings. The lowest BCUT2D eigenvalue weighted by Gasteiger charge is -2.08. The first kappa shape index (κ1) is 15.6. The lowest BCUT2D eigenvalue weighted by molar-refractivity contribution is 0.885. The quantitative estimate of drug-likeness (QED) is 0.461. The summed E-state index contributed by atoms with van der Waals surface area (Å²) in [4.78, 5) is 5.64. The SMILES string of the molecule is Cc1nc(CSc2nnc(-c3cccs3)n2-c2ccccc2)cs1. The van der Waals surface area contributed by atoms with E-state index in [2.05, 4.69) is 48.7 Å². The fraction of sp³-hybridized carbons (Fsp3) is 0.118. The molecule has 7 heteroatoms. The van der Waals surface area contributed by atoms with Crippen molar-refractivity contribution < 1.29 is 0 Å². The molecule has 3 aromatic heterocycles. The van der Waals surface area contributed by atoms with E-state index in [4.69, 9.17) is 0 Å². The van der Waals surface area contributed by atoms with Gasteiger partial charge in [0.25, 0.3) is 0 Å². The zero-order valence-corrected chi connectivity index (χ0v) is 15.4. The number of benzene rings is 1. The highest BCUT2D eigenvalue weighted by Gasteiger charge is 2.17. The Morgan fingerprint density at radius 2 is 1.92 bits per heavy atom. The Morgan fingerprint density at radius 1 is 1.04 bits per heavy atom. The van der Waals surface area contributed by atoms with Crippen LogP contribution in [0.25, 0.3) is 16.4 Å². The van der Waals surface area contributed by atoms with E-state index in [1.165, 1.54) is 0 Å². The Bertz CT molecular complexity index is 926. The molecule has 0 aliphatic heterocycles. The van der Waals surface area contributed by atoms with E-state index in [9.17, 15) is 0 Å². The Labute approximate surface area is 152 Å². The Hall–Kier alpha value is -1.96. The molecule has 0 atom stereocenters. The van der Waals surface area contributed by atoms with Gasteiger partial charge in [0.05, 0.1) is 15.6 Å². The molecule has 0 amide bonds. The van der Waals surface area contributed by atoms with E-state index in [0.29, 0.717) is 0 Å². The van der Waals surface area contributed by atoms with Gasteiger partial charge in [-0.15, -0.1) is 32.9 Å². The molecule has 0 N–H and O–H groups in total. The van der Waals surface area contributed by atoms with Crippen molar-refractivity contribution in [1.29, 1.82) is 0 Å². The summed E-state index contributed by atoms with van der Waals surface area (Å²) in [7, 11) is 0. The van der Waals surface area contributed by atoms with Crippen LogP contribution in [0.4, 0.5) is 0 Å². The van der Waals surface area contributed by atoms with Gasteiger partial charge in [0.1, 0.15) is 0 Å². The Kier molecular flexibility index (Phi) is 4.46. The van der Waals surface area contributed by atoms with Crippen molar-refractivity contribution in [1.82, 2.24) is 19.7 Å². The summed E-state index contributed by atoms with van der Waals surface area (Å²) in [6.07, 6.45) is 0. The third-order valence-electron chi connectivity index (χ3n) is 3.41. The highest BCUT2D eigenvalue weighted by Crippen LogP contribution is 2.31. The fourth-order valence-electron chi connectivity index (χ4n) is 2.35. The van der Waals surface area contributed by atoms with E-state index < -0.39 is 0 Å². The highest BCUT2D eigenvalue weighted by atomic mass is 32.2. The van der Waals surface area contributed by atoms with Gasteiger partial charge in [-0.1, -0.05) is 36.0 Å². The van der Waals surface area contributed by atoms with Crippen LogP contribution in [0.15, 0.2) is 58.4 Å². The molecule has 0 spiro atoms. The molecular formula is C17H14N4S3. The minimum atomic E-state index is 0.791. The molecule has 24 heavy (non-hydrogen) atoms. The average Bonchev–Trinajstić information content (AvgIpc) is 3.34. The molecular weight excluding hydrogens is 356 g/mol. The zero-order valence-electron chi connectivity index (χ0n) is 12.9. The topological polar surface area (TPSA) is 43.6 Å². The van der Waals surface area contributed by atoms with Crippen molar-refractivity contribution in [2.45, 2.75) is 17.8 Å². The number of thiazole rings is 1. The molecule has 3 heterocycles. The van der Waals surface area contributed by atoms with Gasteiger partial charge < -0.3 is 0 Å². The van der Waals surface area contributed by atoms with Crippen LogP contribution in [0.1, 0.15) is 10.7 Å². The number of aryl methyl sites for hydroxylation is 1. The van der Waals surface area contributed by atoms with E-state index in [1.54, 1.807) is 34.4 Å². The summed E-state index contributed by atoms with van der Waals surface area (Å²) < 4.78 is 2.12. The second-order valence-corrected chi connectivity index (χ2v) is 8.05. The number of aromatic nitrogens is 4. The molecule has 0 saturated heterocycles. The maximum absolute atomic E-state index is 4.53. The zero-order chi connectivity index (χ0) is 16.4. The van der Waals surface area contributed by atoms with Crippen molar-refractivity contribution in [2.24, 2.45) is 0 Å². The lowest BCUT2D eigenvalue weighted by Crippen LogP contribution is -1.98. The number of thioether (sulfide) groups is 1. The number of para-hydroxylation sites is 1. The average molecular weight is 371 g/mol. The van der Waals surface area contributed by atoms with Crippen LogP contribution in [-0.2, 0) is 5.75 Å². The molecule has 4 aromatic rings. The summed E-state index contributed by atoms with van der Waals surface area (Å²) in [6.45, 7) is 2.03. The number of hydrogen-bond donors (Lipinski definition) is 0. The van der Waals surface area contributed by atoms with Crippen LogP contribution in [0.3, 0.4) is 0 Å². The number of rotatable bonds is 5. The van der Waals surface area contributed by atoms with Crippen molar-refractivity contribution in [2.75, 3.05) is 0 Å². The summed E-state index contributed by atoms with van der Waals surface area (Å²) in [5.74, 6) is 1.67. The summed E-state index contributed by atoms with van der Waals surface area (Å²) in [5.41, 5.74) is 2.16. The Morgan fingerprint density at radius 3 is 2.62 bits per heavy atom. The van der Waals surface area contributed by atoms with E-state index >= 15 is 0 Å². The lowest BCUT2D eigenvalue weighted by atomic mass is 10.3. The van der Waals surface area contributed by atoms with Gasteiger partial charge in [-0.2, -0.15) is 0 Å². The number of nitrogens with zero attached hydrogens (tertiary/aromatic N) is 4. The van der Waals surface area contributed by atoms with Crippen LogP contribution < -0.4 is 0 Å². The first-order chi connectivity index (χ1) is 11.8. The second-order valence-electron chi connectivity index (χ2n) is 5.10. The van der Waals surface area contributed by atoms with Crippen LogP contribution in [0, 0.1) is 6.92 Å². The van der Waals surface area contributed by atoms with Crippen molar-refractivity contribution in [3.63, 3.8) is 0 Å². The molecule has 120 valence electrons. The third-order valence-corrected chi connectivity index (χ3v) is 6.06. The van der Waals surface area contributed by atoms with E-state index in [1.807, 2.05) is 31.2 Å². The summed E-state index contributed by atoms with van der Waals surface area (Å²) in [6, 6.07) is 14.4. The van der Waals surface area contributed by atoms with E-state index in [-0.39, 0.29) is 0 Å². The van der Waals surface area contributed by atoms with Gasteiger partial charge in [-0.05, 0) is 30.5 Å². The molecule has 0 saturated carbocycles. The predicted octanol–water partition coefficient (Wildman–Crippen LogP) is 5.05. The van der Waals surface area contributed by atoms with Crippen LogP contribution in [0.5, 0.6) is 0 Å². The number of thiophene rings is 1. The monoisotopic (exact) mass is 370 g/mol. The number of hydrogen-bond acceptors (Lipinski definition) is 6. The van der Waals surface area contributed by atoms with Gasteiger partial charge in [-0.3, -0.25) is 4.57 Å². The van der Waals surface area contributed by atoms with Gasteiger partial charge in [0.2, 0.25) is 0 Å². The second kappa shape index (κ2) is 6.88. The normalized spacial score (nSPS) is 11.0. The smallest absolute Gasteiger partial charge is 0.196 e. The summed E-state index contributed by atoms with van der Waals surface area (Å²) >= 11 is 5.02. The Balaban J connectivity index is 1.71. The molecule has 0 aliphatic carbocycles. The molecule has 0 unspecified atom stereocenters. The van der Waals surface area contributed by atoms with Crippen molar-refractivity contribution in [3.8, 4) is 16.4 Å². The maximum atomic E-state index is 4.53. The summed E-state index contributed by atoms with van der Waals surface area (Å²) in [5, 5.41) is 15.0. The molecule has 0 aliphatic rings. The predicted molar refractivity (Wildman–Crippen MR) is 101 cm³/mol.